The molecule has 0 aromatic rings. The van der Waals surface area contributed by atoms with Gasteiger partial charge in [0.15, 0.2) is 0 Å². The molecule has 0 heteroatoms. The van der Waals surface area contributed by atoms with Crippen LogP contribution >= 0.6 is 0 Å². The molecule has 26 saturated carbocycles. The minimum Gasteiger partial charge on any atom is -0.0533 e. The van der Waals surface area contributed by atoms with Crippen molar-refractivity contribution in [3.8, 4) is 0 Å². The second-order valence-electron chi connectivity index (χ2n) is 47.9. The molecule has 10 unspecified atom stereocenters. The molecule has 26 rings (SSSR count). The molecule has 0 amide bonds. The van der Waals surface area contributed by atoms with E-state index in [2.05, 4.69) is 0 Å². The highest BCUT2D eigenvalue weighted by Gasteiger charge is 2.46. The van der Waals surface area contributed by atoms with Crippen LogP contribution in [0.3, 0.4) is 0 Å². The Bertz CT molecular complexity index is 2100. The van der Waals surface area contributed by atoms with Crippen molar-refractivity contribution in [1.29, 1.82) is 0 Å². The second kappa shape index (κ2) is 54.9. The minimum atomic E-state index is 0.858. The van der Waals surface area contributed by atoms with Crippen LogP contribution in [-0.4, -0.2) is 0 Å². The summed E-state index contributed by atoms with van der Waals surface area (Å²) in [4.78, 5) is 0. The van der Waals surface area contributed by atoms with Crippen molar-refractivity contribution < 1.29 is 0 Å². The van der Waals surface area contributed by atoms with Crippen molar-refractivity contribution in [2.45, 2.75) is 597 Å². The number of hydrogen-bond donors (Lipinski definition) is 0. The van der Waals surface area contributed by atoms with E-state index in [1.165, 1.54) is 297 Å². The molecular weight excluding hydrogens is 1390 g/mol. The van der Waals surface area contributed by atoms with Crippen LogP contribution < -0.4 is 0 Å². The molecule has 1 spiro atoms. The Morgan fingerprint density at radius 2 is 0.276 bits per heavy atom. The van der Waals surface area contributed by atoms with Crippen LogP contribution in [0.1, 0.15) is 597 Å². The summed E-state index contributed by atoms with van der Waals surface area (Å²) >= 11 is 0. The fraction of sp³-hybridized carbons (Fsp3) is 1.00. The molecule has 0 aromatic heterocycles. The lowest BCUT2D eigenvalue weighted by atomic mass is 9.56. The van der Waals surface area contributed by atoms with E-state index in [0.717, 1.165) is 82.3 Å². The summed E-state index contributed by atoms with van der Waals surface area (Å²) in [7, 11) is 0. The van der Waals surface area contributed by atoms with Gasteiger partial charge in [0.05, 0.1) is 0 Å². The molecule has 672 valence electrons. The van der Waals surface area contributed by atoms with Gasteiger partial charge < -0.3 is 0 Å². The summed E-state index contributed by atoms with van der Waals surface area (Å²) in [6, 6.07) is 0. The lowest BCUT2D eigenvalue weighted by molar-refractivity contribution is 0.0123. The Morgan fingerprint density at radius 1 is 0.103 bits per heavy atom. The Hall–Kier alpha value is 0. The first kappa shape index (κ1) is 93.6. The normalized spacial score (nSPS) is 40.6. The number of hydrogen-bond acceptors (Lipinski definition) is 0. The van der Waals surface area contributed by atoms with Crippen LogP contribution in [0.5, 0.6) is 0 Å². The highest BCUT2D eigenvalue weighted by molar-refractivity contribution is 4.97. The minimum absolute atomic E-state index is 0.858. The van der Waals surface area contributed by atoms with Crippen molar-refractivity contribution in [3.05, 3.63) is 0 Å². The molecule has 26 aliphatic rings. The molecule has 26 fully saturated rings. The van der Waals surface area contributed by atoms with Crippen LogP contribution in [0.25, 0.3) is 0 Å². The van der Waals surface area contributed by atoms with Gasteiger partial charge >= 0.3 is 0 Å². The maximum absolute atomic E-state index is 1.62. The molecule has 116 heavy (non-hydrogen) atoms. The molecule has 0 radical (unpaired) electrons. The van der Waals surface area contributed by atoms with E-state index < -0.39 is 0 Å². The third-order valence-corrected chi connectivity index (χ3v) is 40.1. The van der Waals surface area contributed by atoms with Crippen LogP contribution in [0.2, 0.25) is 0 Å². The molecule has 0 N–H and O–H groups in total. The van der Waals surface area contributed by atoms with Gasteiger partial charge in [0.25, 0.3) is 0 Å². The number of rotatable bonds is 0. The molecule has 26 aliphatic carbocycles. The molecular formula is C116H208. The van der Waals surface area contributed by atoms with Crippen LogP contribution in [-0.2, 0) is 0 Å². The van der Waals surface area contributed by atoms with Crippen molar-refractivity contribution in [1.82, 2.24) is 0 Å². The van der Waals surface area contributed by atoms with E-state index in [4.69, 9.17) is 0 Å². The van der Waals surface area contributed by atoms with Gasteiger partial charge in [0, 0.05) is 0 Å². The summed E-state index contributed by atoms with van der Waals surface area (Å²) in [5, 5.41) is 0. The van der Waals surface area contributed by atoms with E-state index >= 15 is 0 Å². The lowest BCUT2D eigenvalue weighted by Gasteiger charge is -2.49. The Kier molecular flexibility index (Phi) is 44.3. The largest absolute Gasteiger partial charge is 0.0533 e. The molecule has 0 nitrogen and oxygen atoms in total. The number of fused-ring (bicyclic) bond motifs is 13. The Balaban J connectivity index is 0.000000111. The Labute approximate surface area is 728 Å². The predicted molar refractivity (Wildman–Crippen MR) is 509 cm³/mol. The molecule has 10 atom stereocenters. The fourth-order valence-corrected chi connectivity index (χ4v) is 32.7. The monoisotopic (exact) mass is 1600 g/mol. The topological polar surface area (TPSA) is 0 Å². The van der Waals surface area contributed by atoms with E-state index in [9.17, 15) is 0 Å². The van der Waals surface area contributed by atoms with Gasteiger partial charge in [-0.05, 0) is 226 Å². The van der Waals surface area contributed by atoms with Crippen molar-refractivity contribution in [2.24, 2.45) is 136 Å². The van der Waals surface area contributed by atoms with Crippen LogP contribution in [0, 0.1) is 136 Å². The fourth-order valence-electron chi connectivity index (χ4n) is 32.7. The summed E-state index contributed by atoms with van der Waals surface area (Å²) in [6.45, 7) is 0. The molecule has 0 heterocycles. The Morgan fingerprint density at radius 3 is 0.483 bits per heavy atom. The first-order valence-electron chi connectivity index (χ1n) is 57.5. The lowest BCUT2D eigenvalue weighted by Crippen LogP contribution is -2.39. The first-order chi connectivity index (χ1) is 57.5. The molecule has 4 bridgehead atoms. The van der Waals surface area contributed by atoms with Crippen molar-refractivity contribution in [2.75, 3.05) is 0 Å². The van der Waals surface area contributed by atoms with Gasteiger partial charge in [-0.3, -0.25) is 0 Å². The zero-order chi connectivity index (χ0) is 79.0. The first-order valence-corrected chi connectivity index (χ1v) is 57.5. The molecule has 0 aliphatic heterocycles. The van der Waals surface area contributed by atoms with Gasteiger partial charge in [-0.2, -0.15) is 0 Å². The zero-order valence-electron chi connectivity index (χ0n) is 79.0. The summed E-state index contributed by atoms with van der Waals surface area (Å²) in [6.07, 6.45) is 143. The van der Waals surface area contributed by atoms with E-state index in [-0.39, 0.29) is 0 Å². The highest BCUT2D eigenvalue weighted by atomic mass is 14.5. The predicted octanol–water partition coefficient (Wildman–Crippen LogP) is 39.0. The third kappa shape index (κ3) is 32.7. The van der Waals surface area contributed by atoms with Gasteiger partial charge in [0.1, 0.15) is 0 Å². The summed E-state index contributed by atoms with van der Waals surface area (Å²) < 4.78 is 0. The molecule has 0 saturated heterocycles. The van der Waals surface area contributed by atoms with Gasteiger partial charge in [-0.15, -0.1) is 0 Å². The standard InChI is InChI=1S/2C14H24.C13H22.C11H20.C10H18.2C8H14.C8H16.C7H12.C7H14.C6H12.C5H8.C5H10/c1-3-7-13-11(5-1)9-10-12-6-2-4-8-14(12)13;1-2-6-12-10-14-8-4-3-7-13(14)9-11(12)5-1;1-4-10-6-2-8-12-9-3-7-11(5-1)13(10)12;1-3-7-11(8-4-1)9-5-2-6-10-11;1-2-6-10-8-4-3-7-9(10)5-1;1-3-7-5-2-6-8(7)4-1;1-2-8-5-3-7(1)4-6-8;1-2-4-6-8-7-5-3-1;1-2-7-4-3-6(1)5-7;1-2-4-6-7-5-3-1;1-2-4-6-5-3-1;1-2-5-3-4(1)5;1-2-4-5-3-1/h2*11-14H,1-10H2;10-13H,1-9H2;1-10H2;9-10H,1-8H2;2*7-8H,1-6H2;1-8H2;6-7H,1-5H2;1-7H2;1-6H2;4-5H,1-3H2;1-5H2. The van der Waals surface area contributed by atoms with E-state index in [1.807, 2.05) is 0 Å². The molecule has 0 aromatic carbocycles. The van der Waals surface area contributed by atoms with Crippen molar-refractivity contribution >= 4 is 0 Å². The van der Waals surface area contributed by atoms with E-state index in [0.29, 0.717) is 0 Å². The maximum Gasteiger partial charge on any atom is -0.0297 e. The SMILES string of the molecule is C1CC2CC12.C1CC2CCC1C2.C1CC2CCC1CC2.C1CC2CCCC2C1.C1CC2CCCC3CCCC(C1)C23.C1CCC2(CC1)CCCCC2.C1CCC2C(C1)CCC1CCCCC12.C1CCC2CC3CCCCC3CC2C1.C1CCC2CCCCC2C1.C1CCCC1.C1CCCCC1.C1CCCCCC1.C1CCCCCCC1. The second-order valence-corrected chi connectivity index (χ2v) is 47.9. The summed E-state index contributed by atoms with van der Waals surface area (Å²) in [5.74, 6) is 25.7. The van der Waals surface area contributed by atoms with E-state index in [1.54, 1.807) is 353 Å². The smallest absolute Gasteiger partial charge is 0.0297 e. The van der Waals surface area contributed by atoms with Gasteiger partial charge in [-0.1, -0.05) is 507 Å². The quantitative estimate of drug-likeness (QED) is 0.212. The van der Waals surface area contributed by atoms with Crippen molar-refractivity contribution in [3.63, 3.8) is 0 Å². The average molecular weight is 1600 g/mol. The van der Waals surface area contributed by atoms with Gasteiger partial charge in [0.2, 0.25) is 0 Å². The highest BCUT2D eigenvalue weighted by Crippen LogP contribution is 2.57. The van der Waals surface area contributed by atoms with Crippen LogP contribution in [0.15, 0.2) is 0 Å². The average Bonchev–Trinajstić information content (AvgIpc) is 0.842. The summed E-state index contributed by atoms with van der Waals surface area (Å²) in [5.41, 5.74) is 0.858. The van der Waals surface area contributed by atoms with Gasteiger partial charge in [-0.25, -0.2) is 0 Å². The van der Waals surface area contributed by atoms with Crippen LogP contribution in [0.4, 0.5) is 0 Å². The third-order valence-electron chi connectivity index (χ3n) is 40.1. The maximum atomic E-state index is 1.62. The zero-order valence-corrected chi connectivity index (χ0v) is 79.0.